The van der Waals surface area contributed by atoms with E-state index >= 15 is 0 Å². The van der Waals surface area contributed by atoms with Gasteiger partial charge in [0.1, 0.15) is 5.75 Å². The van der Waals surface area contributed by atoms with Crippen molar-refractivity contribution in [1.29, 1.82) is 0 Å². The fourth-order valence-electron chi connectivity index (χ4n) is 3.04. The third kappa shape index (κ3) is 3.46. The summed E-state index contributed by atoms with van der Waals surface area (Å²) in [7, 11) is 1.64. The number of likely N-dealkylation sites (tertiary alicyclic amines) is 1. The highest BCUT2D eigenvalue weighted by molar-refractivity contribution is 6.32. The van der Waals surface area contributed by atoms with E-state index < -0.39 is 0 Å². The summed E-state index contributed by atoms with van der Waals surface area (Å²) >= 11 is 6.14. The van der Waals surface area contributed by atoms with E-state index in [2.05, 4.69) is 16.3 Å². The fourth-order valence-corrected chi connectivity index (χ4v) is 3.32. The van der Waals surface area contributed by atoms with Crippen LogP contribution in [-0.4, -0.2) is 37.7 Å². The molecule has 0 spiro atoms. The van der Waals surface area contributed by atoms with Crippen LogP contribution in [0.2, 0.25) is 5.02 Å². The molecule has 0 radical (unpaired) electrons. The molecule has 1 saturated heterocycles. The minimum Gasteiger partial charge on any atom is -0.495 e. The number of rotatable bonds is 6. The van der Waals surface area contributed by atoms with Crippen molar-refractivity contribution in [3.05, 3.63) is 28.8 Å². The lowest BCUT2D eigenvalue weighted by Gasteiger charge is -2.15. The van der Waals surface area contributed by atoms with Crippen LogP contribution in [0.5, 0.6) is 5.75 Å². The Morgan fingerprint density at radius 2 is 2.20 bits per heavy atom. The summed E-state index contributed by atoms with van der Waals surface area (Å²) in [6, 6.07) is 6.91. The Morgan fingerprint density at radius 1 is 1.35 bits per heavy atom. The standard InChI is InChI=1S/C16H23ClN2O/c1-20-16-5-2-12(8-15(16)17)9-18-10-13-6-7-19(11-13)14-3-4-14/h2,5,8,13-14,18H,3-4,6-7,9-11H2,1H3. The van der Waals surface area contributed by atoms with Crippen LogP contribution in [-0.2, 0) is 6.54 Å². The first kappa shape index (κ1) is 14.2. The molecule has 2 aliphatic rings. The van der Waals surface area contributed by atoms with Crippen molar-refractivity contribution >= 4 is 11.6 Å². The molecule has 1 unspecified atom stereocenters. The number of ether oxygens (including phenoxy) is 1. The largest absolute Gasteiger partial charge is 0.495 e. The molecular formula is C16H23ClN2O. The molecule has 4 heteroatoms. The van der Waals surface area contributed by atoms with E-state index in [1.807, 2.05) is 12.1 Å². The van der Waals surface area contributed by atoms with Crippen molar-refractivity contribution in [1.82, 2.24) is 10.2 Å². The van der Waals surface area contributed by atoms with Gasteiger partial charge in [-0.05, 0) is 56.0 Å². The topological polar surface area (TPSA) is 24.5 Å². The Bertz CT molecular complexity index is 462. The van der Waals surface area contributed by atoms with Gasteiger partial charge in [0.05, 0.1) is 12.1 Å². The molecule has 1 N–H and O–H groups in total. The zero-order valence-electron chi connectivity index (χ0n) is 12.1. The Morgan fingerprint density at radius 3 is 2.90 bits per heavy atom. The second-order valence-corrected chi connectivity index (χ2v) is 6.39. The highest BCUT2D eigenvalue weighted by Crippen LogP contribution is 2.31. The third-order valence-corrected chi connectivity index (χ3v) is 4.65. The highest BCUT2D eigenvalue weighted by Gasteiger charge is 2.33. The van der Waals surface area contributed by atoms with Gasteiger partial charge in [-0.2, -0.15) is 0 Å². The van der Waals surface area contributed by atoms with Gasteiger partial charge in [0.15, 0.2) is 0 Å². The van der Waals surface area contributed by atoms with Crippen LogP contribution in [0, 0.1) is 5.92 Å². The summed E-state index contributed by atoms with van der Waals surface area (Å²) in [4.78, 5) is 2.66. The molecule has 1 aliphatic carbocycles. The van der Waals surface area contributed by atoms with Gasteiger partial charge < -0.3 is 15.0 Å². The number of hydrogen-bond donors (Lipinski definition) is 1. The lowest BCUT2D eigenvalue weighted by atomic mass is 10.1. The van der Waals surface area contributed by atoms with Gasteiger partial charge in [-0.15, -0.1) is 0 Å². The lowest BCUT2D eigenvalue weighted by Crippen LogP contribution is -2.27. The fraction of sp³-hybridized carbons (Fsp3) is 0.625. The summed E-state index contributed by atoms with van der Waals surface area (Å²) in [5.74, 6) is 1.55. The van der Waals surface area contributed by atoms with Crippen LogP contribution in [0.4, 0.5) is 0 Å². The minimum absolute atomic E-state index is 0.688. The van der Waals surface area contributed by atoms with Crippen molar-refractivity contribution in [2.75, 3.05) is 26.7 Å². The van der Waals surface area contributed by atoms with E-state index in [-0.39, 0.29) is 0 Å². The van der Waals surface area contributed by atoms with E-state index in [1.165, 1.54) is 37.9 Å². The number of benzene rings is 1. The zero-order valence-corrected chi connectivity index (χ0v) is 12.8. The van der Waals surface area contributed by atoms with Gasteiger partial charge >= 0.3 is 0 Å². The first-order valence-electron chi connectivity index (χ1n) is 7.53. The molecule has 2 fully saturated rings. The average Bonchev–Trinajstić information content (AvgIpc) is 3.19. The minimum atomic E-state index is 0.688. The van der Waals surface area contributed by atoms with Crippen molar-refractivity contribution in [3.8, 4) is 5.75 Å². The summed E-state index contributed by atoms with van der Waals surface area (Å²) in [6.45, 7) is 4.56. The van der Waals surface area contributed by atoms with Crippen LogP contribution in [0.25, 0.3) is 0 Å². The quantitative estimate of drug-likeness (QED) is 0.873. The Hall–Kier alpha value is -0.770. The van der Waals surface area contributed by atoms with Gasteiger partial charge in [-0.1, -0.05) is 17.7 Å². The van der Waals surface area contributed by atoms with E-state index in [9.17, 15) is 0 Å². The monoisotopic (exact) mass is 294 g/mol. The molecule has 110 valence electrons. The summed E-state index contributed by atoms with van der Waals surface area (Å²) < 4.78 is 5.17. The van der Waals surface area contributed by atoms with Gasteiger partial charge in [-0.25, -0.2) is 0 Å². The Labute approximate surface area is 126 Å². The lowest BCUT2D eigenvalue weighted by molar-refractivity contribution is 0.312. The van der Waals surface area contributed by atoms with E-state index in [1.54, 1.807) is 7.11 Å². The predicted molar refractivity (Wildman–Crippen MR) is 82.4 cm³/mol. The first-order chi connectivity index (χ1) is 9.76. The molecule has 20 heavy (non-hydrogen) atoms. The van der Waals surface area contributed by atoms with E-state index in [4.69, 9.17) is 16.3 Å². The Balaban J connectivity index is 1.42. The van der Waals surface area contributed by atoms with Crippen LogP contribution >= 0.6 is 11.6 Å². The molecular weight excluding hydrogens is 272 g/mol. The van der Waals surface area contributed by atoms with Crippen molar-refractivity contribution in [2.45, 2.75) is 31.8 Å². The summed E-state index contributed by atoms with van der Waals surface area (Å²) in [5.41, 5.74) is 1.22. The van der Waals surface area contributed by atoms with Crippen LogP contribution in [0.3, 0.4) is 0 Å². The maximum atomic E-state index is 6.14. The van der Waals surface area contributed by atoms with Gasteiger partial charge in [0, 0.05) is 19.1 Å². The molecule has 0 bridgehead atoms. The summed E-state index contributed by atoms with van der Waals surface area (Å²) in [6.07, 6.45) is 4.18. The van der Waals surface area contributed by atoms with Crippen molar-refractivity contribution in [3.63, 3.8) is 0 Å². The van der Waals surface area contributed by atoms with E-state index in [0.29, 0.717) is 5.02 Å². The van der Waals surface area contributed by atoms with Crippen LogP contribution in [0.1, 0.15) is 24.8 Å². The SMILES string of the molecule is COc1ccc(CNCC2CCN(C3CC3)C2)cc1Cl. The molecule has 3 rings (SSSR count). The van der Waals surface area contributed by atoms with Crippen LogP contribution < -0.4 is 10.1 Å². The maximum absolute atomic E-state index is 6.14. The zero-order chi connectivity index (χ0) is 13.9. The third-order valence-electron chi connectivity index (χ3n) is 4.36. The second-order valence-electron chi connectivity index (χ2n) is 5.98. The van der Waals surface area contributed by atoms with Gasteiger partial charge in [0.25, 0.3) is 0 Å². The number of nitrogens with one attached hydrogen (secondary N) is 1. The molecule has 1 aromatic rings. The van der Waals surface area contributed by atoms with Gasteiger partial charge in [-0.3, -0.25) is 0 Å². The maximum Gasteiger partial charge on any atom is 0.137 e. The first-order valence-corrected chi connectivity index (χ1v) is 7.91. The van der Waals surface area contributed by atoms with Crippen molar-refractivity contribution in [2.24, 2.45) is 5.92 Å². The molecule has 1 saturated carbocycles. The van der Waals surface area contributed by atoms with Gasteiger partial charge in [0.2, 0.25) is 0 Å². The highest BCUT2D eigenvalue weighted by atomic mass is 35.5. The molecule has 1 heterocycles. The molecule has 1 aliphatic heterocycles. The molecule has 0 aromatic heterocycles. The molecule has 1 aromatic carbocycles. The predicted octanol–water partition coefficient (Wildman–Crippen LogP) is 2.92. The number of hydrogen-bond acceptors (Lipinski definition) is 3. The average molecular weight is 295 g/mol. The normalized spacial score (nSPS) is 23.2. The number of methoxy groups -OCH3 is 1. The number of nitrogens with zero attached hydrogens (tertiary/aromatic N) is 1. The Kier molecular flexibility index (Phi) is 4.49. The number of halogens is 1. The molecule has 1 atom stereocenters. The smallest absolute Gasteiger partial charge is 0.137 e. The second kappa shape index (κ2) is 6.33. The molecule has 3 nitrogen and oxygen atoms in total. The molecule has 0 amide bonds. The van der Waals surface area contributed by atoms with Crippen LogP contribution in [0.15, 0.2) is 18.2 Å². The van der Waals surface area contributed by atoms with E-state index in [0.717, 1.165) is 30.8 Å². The summed E-state index contributed by atoms with van der Waals surface area (Å²) in [5, 5.41) is 4.25. The van der Waals surface area contributed by atoms with Crippen molar-refractivity contribution < 1.29 is 4.74 Å².